The Morgan fingerprint density at radius 3 is 2.52 bits per heavy atom. The van der Waals surface area contributed by atoms with E-state index in [1.165, 1.54) is 31.1 Å². The van der Waals surface area contributed by atoms with E-state index in [0.29, 0.717) is 22.9 Å². The predicted octanol–water partition coefficient (Wildman–Crippen LogP) is 2.62. The number of carbonyl (C=O) groups excluding carboxylic acids is 1. The molecule has 0 radical (unpaired) electrons. The number of hydrogen-bond donors (Lipinski definition) is 1. The lowest BCUT2D eigenvalue weighted by Crippen LogP contribution is -2.13. The number of nitrogens with zero attached hydrogens (tertiary/aromatic N) is 4. The first-order valence-corrected chi connectivity index (χ1v) is 6.82. The van der Waals surface area contributed by atoms with Crippen LogP contribution < -0.4 is 10.1 Å². The molecule has 0 aliphatic rings. The largest absolute Gasteiger partial charge is 0.452 e. The molecule has 0 aliphatic heterocycles. The van der Waals surface area contributed by atoms with Gasteiger partial charge in [-0.15, -0.1) is 0 Å². The molecule has 0 fully saturated rings. The normalized spacial score (nSPS) is 10.1. The van der Waals surface area contributed by atoms with Crippen LogP contribution in [-0.2, 0) is 0 Å². The van der Waals surface area contributed by atoms with Gasteiger partial charge in [-0.05, 0) is 18.6 Å². The van der Waals surface area contributed by atoms with Gasteiger partial charge in [0.1, 0.15) is 17.8 Å². The topological polar surface area (TPSA) is 89.9 Å². The van der Waals surface area contributed by atoms with Crippen molar-refractivity contribution >= 4 is 11.6 Å². The summed E-state index contributed by atoms with van der Waals surface area (Å²) in [7, 11) is 0. The highest BCUT2D eigenvalue weighted by Crippen LogP contribution is 2.21. The summed E-state index contributed by atoms with van der Waals surface area (Å²) in [6.07, 6.45) is 9.19. The van der Waals surface area contributed by atoms with Crippen molar-refractivity contribution in [3.05, 3.63) is 66.8 Å². The van der Waals surface area contributed by atoms with Crippen LogP contribution in [-0.4, -0.2) is 25.8 Å². The van der Waals surface area contributed by atoms with Gasteiger partial charge < -0.3 is 10.1 Å². The highest BCUT2D eigenvalue weighted by atomic mass is 16.5. The Kier molecular flexibility index (Phi) is 4.19. The highest BCUT2D eigenvalue weighted by molar-refractivity contribution is 6.02. The molecule has 1 N–H and O–H groups in total. The standard InChI is InChI=1S/C16H13N5O2/c1-11-2-3-15(20-5-11)16(22)21-12-4-13(7-17-6-12)23-14-8-18-10-19-9-14/h2-10H,1H3,(H,21,22). The monoisotopic (exact) mass is 307 g/mol. The van der Waals surface area contributed by atoms with Crippen LogP contribution in [0.2, 0.25) is 0 Å². The Bertz CT molecular complexity index is 806. The molecule has 1 amide bonds. The smallest absolute Gasteiger partial charge is 0.274 e. The lowest BCUT2D eigenvalue weighted by molar-refractivity contribution is 0.102. The lowest BCUT2D eigenvalue weighted by Gasteiger charge is -2.07. The number of amides is 1. The molecule has 3 heterocycles. The molecule has 3 rings (SSSR count). The van der Waals surface area contributed by atoms with Gasteiger partial charge in [0.2, 0.25) is 0 Å². The Morgan fingerprint density at radius 2 is 1.78 bits per heavy atom. The molecule has 3 aromatic rings. The molecular weight excluding hydrogens is 294 g/mol. The first-order chi connectivity index (χ1) is 11.2. The van der Waals surface area contributed by atoms with Gasteiger partial charge in [-0.25, -0.2) is 9.97 Å². The minimum atomic E-state index is -0.313. The fourth-order valence-electron chi connectivity index (χ4n) is 1.81. The molecule has 0 saturated carbocycles. The van der Waals surface area contributed by atoms with E-state index in [1.54, 1.807) is 18.3 Å². The van der Waals surface area contributed by atoms with Crippen molar-refractivity contribution < 1.29 is 9.53 Å². The van der Waals surface area contributed by atoms with Crippen LogP contribution in [0, 0.1) is 6.92 Å². The fraction of sp³-hybridized carbons (Fsp3) is 0.0625. The van der Waals surface area contributed by atoms with Crippen molar-refractivity contribution in [3.8, 4) is 11.5 Å². The number of anilines is 1. The van der Waals surface area contributed by atoms with E-state index in [1.807, 2.05) is 13.0 Å². The predicted molar refractivity (Wildman–Crippen MR) is 83.3 cm³/mol. The number of ether oxygens (including phenoxy) is 1. The van der Waals surface area contributed by atoms with Gasteiger partial charge in [0, 0.05) is 12.3 Å². The summed E-state index contributed by atoms with van der Waals surface area (Å²) >= 11 is 0. The zero-order valence-corrected chi connectivity index (χ0v) is 12.3. The molecule has 0 spiro atoms. The Labute approximate surface area is 132 Å². The van der Waals surface area contributed by atoms with Crippen molar-refractivity contribution in [2.24, 2.45) is 0 Å². The van der Waals surface area contributed by atoms with Crippen molar-refractivity contribution in [2.45, 2.75) is 6.92 Å². The van der Waals surface area contributed by atoms with Gasteiger partial charge >= 0.3 is 0 Å². The van der Waals surface area contributed by atoms with Crippen LogP contribution in [0.3, 0.4) is 0 Å². The van der Waals surface area contributed by atoms with E-state index >= 15 is 0 Å². The molecule has 0 aromatic carbocycles. The van der Waals surface area contributed by atoms with Crippen LogP contribution in [0.5, 0.6) is 11.5 Å². The SMILES string of the molecule is Cc1ccc(C(=O)Nc2cncc(Oc3cncnc3)c2)nc1. The van der Waals surface area contributed by atoms with E-state index in [2.05, 4.69) is 25.3 Å². The molecule has 23 heavy (non-hydrogen) atoms. The molecule has 0 atom stereocenters. The summed E-state index contributed by atoms with van der Waals surface area (Å²) < 4.78 is 5.57. The second kappa shape index (κ2) is 6.61. The quantitative estimate of drug-likeness (QED) is 0.797. The molecule has 0 aliphatic carbocycles. The van der Waals surface area contributed by atoms with Crippen LogP contribution in [0.1, 0.15) is 16.1 Å². The number of aryl methyl sites for hydroxylation is 1. The minimum Gasteiger partial charge on any atom is -0.452 e. The van der Waals surface area contributed by atoms with Crippen molar-refractivity contribution in [1.82, 2.24) is 19.9 Å². The third kappa shape index (κ3) is 3.85. The number of rotatable bonds is 4. The summed E-state index contributed by atoms with van der Waals surface area (Å²) in [5.74, 6) is 0.638. The Balaban J connectivity index is 1.72. The van der Waals surface area contributed by atoms with Crippen molar-refractivity contribution in [3.63, 3.8) is 0 Å². The Hall–Kier alpha value is -3.35. The van der Waals surface area contributed by atoms with E-state index in [9.17, 15) is 4.79 Å². The molecule has 7 nitrogen and oxygen atoms in total. The fourth-order valence-corrected chi connectivity index (χ4v) is 1.81. The molecule has 3 aromatic heterocycles. The summed E-state index contributed by atoms with van der Waals surface area (Å²) in [6.45, 7) is 1.91. The van der Waals surface area contributed by atoms with Crippen LogP contribution in [0.15, 0.2) is 55.5 Å². The molecule has 7 heteroatoms. The first kappa shape index (κ1) is 14.6. The van der Waals surface area contributed by atoms with Crippen molar-refractivity contribution in [2.75, 3.05) is 5.32 Å². The number of carbonyl (C=O) groups is 1. The van der Waals surface area contributed by atoms with Gasteiger partial charge in [-0.2, -0.15) is 0 Å². The summed E-state index contributed by atoms with van der Waals surface area (Å²) in [5, 5.41) is 2.73. The van der Waals surface area contributed by atoms with Crippen LogP contribution in [0.25, 0.3) is 0 Å². The lowest BCUT2D eigenvalue weighted by atomic mass is 10.2. The van der Waals surface area contributed by atoms with Crippen LogP contribution >= 0.6 is 0 Å². The van der Waals surface area contributed by atoms with E-state index < -0.39 is 0 Å². The van der Waals surface area contributed by atoms with E-state index in [-0.39, 0.29) is 5.91 Å². The zero-order chi connectivity index (χ0) is 16.1. The zero-order valence-electron chi connectivity index (χ0n) is 12.3. The first-order valence-electron chi connectivity index (χ1n) is 6.82. The van der Waals surface area contributed by atoms with Gasteiger partial charge in [0.25, 0.3) is 5.91 Å². The van der Waals surface area contributed by atoms with Gasteiger partial charge in [0.15, 0.2) is 5.75 Å². The molecular formula is C16H13N5O2. The number of pyridine rings is 2. The summed E-state index contributed by atoms with van der Waals surface area (Å²) in [5.41, 5.74) is 1.83. The van der Waals surface area contributed by atoms with E-state index in [0.717, 1.165) is 5.56 Å². The third-order valence-corrected chi connectivity index (χ3v) is 2.89. The van der Waals surface area contributed by atoms with E-state index in [4.69, 9.17) is 4.74 Å². The molecule has 0 bridgehead atoms. The second-order valence-electron chi connectivity index (χ2n) is 4.76. The number of aromatic nitrogens is 4. The van der Waals surface area contributed by atoms with Gasteiger partial charge in [0.05, 0.1) is 30.5 Å². The van der Waals surface area contributed by atoms with Gasteiger partial charge in [-0.3, -0.25) is 14.8 Å². The van der Waals surface area contributed by atoms with Crippen molar-refractivity contribution in [1.29, 1.82) is 0 Å². The average Bonchev–Trinajstić information content (AvgIpc) is 2.57. The number of nitrogens with one attached hydrogen (secondary N) is 1. The maximum atomic E-state index is 12.1. The number of hydrogen-bond acceptors (Lipinski definition) is 6. The van der Waals surface area contributed by atoms with Crippen LogP contribution in [0.4, 0.5) is 5.69 Å². The maximum absolute atomic E-state index is 12.1. The molecule has 114 valence electrons. The highest BCUT2D eigenvalue weighted by Gasteiger charge is 2.08. The molecule has 0 unspecified atom stereocenters. The third-order valence-electron chi connectivity index (χ3n) is 2.89. The summed E-state index contributed by atoms with van der Waals surface area (Å²) in [6, 6.07) is 5.15. The minimum absolute atomic E-state index is 0.313. The second-order valence-corrected chi connectivity index (χ2v) is 4.76. The maximum Gasteiger partial charge on any atom is 0.274 e. The average molecular weight is 307 g/mol. The van der Waals surface area contributed by atoms with Gasteiger partial charge in [-0.1, -0.05) is 6.07 Å². The summed E-state index contributed by atoms with van der Waals surface area (Å²) in [4.78, 5) is 28.0. The Morgan fingerprint density at radius 1 is 1.00 bits per heavy atom. The molecule has 0 saturated heterocycles.